The molecule has 1 heterocycles. The maximum absolute atomic E-state index is 14.0. The first-order chi connectivity index (χ1) is 24.9. The van der Waals surface area contributed by atoms with Crippen molar-refractivity contribution in [3.63, 3.8) is 0 Å². The van der Waals surface area contributed by atoms with E-state index in [4.69, 9.17) is 18.9 Å². The Balaban J connectivity index is 1.04. The number of methoxy groups -OCH3 is 2. The fourth-order valence-corrected chi connectivity index (χ4v) is 6.81. The van der Waals surface area contributed by atoms with Gasteiger partial charge >= 0.3 is 6.09 Å². The van der Waals surface area contributed by atoms with Gasteiger partial charge in [-0.25, -0.2) is 4.79 Å². The first kappa shape index (κ1) is 35.3. The van der Waals surface area contributed by atoms with Crippen LogP contribution in [0.25, 0.3) is 0 Å². The van der Waals surface area contributed by atoms with Gasteiger partial charge in [-0.15, -0.1) is 0 Å². The standard InChI is InChI=1S/C41H45N3O7/c1-4-44(38-26-36(49-3)18-19-37(38)33-11-10-32-25-35(48-2)17-14-31(32)24-33)40(46)30-12-15-34(16-13-30)50-28-39(45)42-20-22-43(23-21-42)41(47)51-27-29-8-6-5-7-9-29/h5-9,12-19,25-26,33H,4,10-11,20-24,27-28H2,1-3H3. The Hall–Kier alpha value is -5.51. The van der Waals surface area contributed by atoms with E-state index in [2.05, 4.69) is 18.2 Å². The number of amides is 3. The van der Waals surface area contributed by atoms with Crippen molar-refractivity contribution in [1.29, 1.82) is 0 Å². The largest absolute Gasteiger partial charge is 0.497 e. The summed E-state index contributed by atoms with van der Waals surface area (Å²) in [6.45, 7) is 4.10. The summed E-state index contributed by atoms with van der Waals surface area (Å²) in [6, 6.07) is 28.7. The second kappa shape index (κ2) is 16.5. The lowest BCUT2D eigenvalue weighted by Gasteiger charge is -2.34. The van der Waals surface area contributed by atoms with Crippen molar-refractivity contribution in [1.82, 2.24) is 9.80 Å². The smallest absolute Gasteiger partial charge is 0.410 e. The molecule has 4 aromatic rings. The topological polar surface area (TPSA) is 97.9 Å². The van der Waals surface area contributed by atoms with Gasteiger partial charge in [0.1, 0.15) is 23.9 Å². The van der Waals surface area contributed by atoms with Crippen LogP contribution in [0.2, 0.25) is 0 Å². The van der Waals surface area contributed by atoms with Crippen LogP contribution >= 0.6 is 0 Å². The van der Waals surface area contributed by atoms with Crippen LogP contribution in [0.1, 0.15) is 51.9 Å². The summed E-state index contributed by atoms with van der Waals surface area (Å²) in [7, 11) is 3.32. The molecule has 1 aliphatic carbocycles. The quantitative estimate of drug-likeness (QED) is 0.177. The molecule has 3 amide bonds. The maximum Gasteiger partial charge on any atom is 0.410 e. The van der Waals surface area contributed by atoms with Gasteiger partial charge in [-0.05, 0) is 96.8 Å². The Morgan fingerprint density at radius 2 is 1.43 bits per heavy atom. The molecule has 0 spiro atoms. The Morgan fingerprint density at radius 3 is 2.14 bits per heavy atom. The molecule has 1 unspecified atom stereocenters. The summed E-state index contributed by atoms with van der Waals surface area (Å²) in [4.78, 5) is 44.5. The zero-order valence-electron chi connectivity index (χ0n) is 29.5. The minimum atomic E-state index is -0.387. The number of rotatable bonds is 11. The highest BCUT2D eigenvalue weighted by molar-refractivity contribution is 6.06. The van der Waals surface area contributed by atoms with E-state index in [0.717, 1.165) is 41.8 Å². The van der Waals surface area contributed by atoms with Gasteiger partial charge in [0.25, 0.3) is 11.8 Å². The first-order valence-corrected chi connectivity index (χ1v) is 17.5. The highest BCUT2D eigenvalue weighted by atomic mass is 16.6. The third-order valence-electron chi connectivity index (χ3n) is 9.73. The highest BCUT2D eigenvalue weighted by Gasteiger charge is 2.28. The lowest BCUT2D eigenvalue weighted by atomic mass is 9.79. The number of hydrogen-bond acceptors (Lipinski definition) is 7. The summed E-state index contributed by atoms with van der Waals surface area (Å²) < 4.78 is 22.3. The van der Waals surface area contributed by atoms with Gasteiger partial charge in [-0.3, -0.25) is 9.59 Å². The molecule has 266 valence electrons. The Morgan fingerprint density at radius 1 is 0.765 bits per heavy atom. The molecule has 10 heteroatoms. The number of benzene rings is 4. The van der Waals surface area contributed by atoms with Crippen molar-refractivity contribution in [2.45, 2.75) is 38.7 Å². The van der Waals surface area contributed by atoms with Crippen LogP contribution in [0, 0.1) is 0 Å². The van der Waals surface area contributed by atoms with Crippen molar-refractivity contribution < 1.29 is 33.3 Å². The van der Waals surface area contributed by atoms with Crippen molar-refractivity contribution in [3.8, 4) is 17.2 Å². The number of carbonyl (C=O) groups is 3. The third-order valence-corrected chi connectivity index (χ3v) is 9.73. The normalized spacial score (nSPS) is 15.4. The van der Waals surface area contributed by atoms with Gasteiger partial charge in [0.15, 0.2) is 6.61 Å². The van der Waals surface area contributed by atoms with Crippen molar-refractivity contribution in [3.05, 3.63) is 119 Å². The van der Waals surface area contributed by atoms with Gasteiger partial charge in [-0.1, -0.05) is 42.5 Å². The zero-order valence-corrected chi connectivity index (χ0v) is 29.5. The lowest BCUT2D eigenvalue weighted by molar-refractivity contribution is -0.135. The van der Waals surface area contributed by atoms with Crippen molar-refractivity contribution in [2.24, 2.45) is 0 Å². The summed E-state index contributed by atoms with van der Waals surface area (Å²) in [5.41, 5.74) is 6.02. The Labute approximate surface area is 299 Å². The summed E-state index contributed by atoms with van der Waals surface area (Å²) in [5.74, 6) is 2.01. The Kier molecular flexibility index (Phi) is 11.4. The van der Waals surface area contributed by atoms with Crippen LogP contribution in [0.5, 0.6) is 17.2 Å². The molecular weight excluding hydrogens is 646 g/mol. The van der Waals surface area contributed by atoms with Crippen LogP contribution in [-0.2, 0) is 29.0 Å². The van der Waals surface area contributed by atoms with Gasteiger partial charge in [0, 0.05) is 44.4 Å². The van der Waals surface area contributed by atoms with Gasteiger partial charge in [0.2, 0.25) is 0 Å². The van der Waals surface area contributed by atoms with Crippen LogP contribution in [0.4, 0.5) is 10.5 Å². The average Bonchev–Trinajstić information content (AvgIpc) is 3.19. The minimum absolute atomic E-state index is 0.129. The molecule has 6 rings (SSSR count). The Bertz CT molecular complexity index is 1820. The van der Waals surface area contributed by atoms with Crippen molar-refractivity contribution in [2.75, 3.05) is 58.5 Å². The predicted molar refractivity (Wildman–Crippen MR) is 195 cm³/mol. The van der Waals surface area contributed by atoms with Gasteiger partial charge in [-0.2, -0.15) is 0 Å². The van der Waals surface area contributed by atoms with E-state index in [0.29, 0.717) is 49.8 Å². The molecule has 1 aliphatic heterocycles. The monoisotopic (exact) mass is 691 g/mol. The molecule has 0 aromatic heterocycles. The SMILES string of the molecule is CCN(C(=O)c1ccc(OCC(=O)N2CCN(C(=O)OCc3ccccc3)CC2)cc1)c1cc(OC)ccc1C1CCc2cc(OC)ccc2C1. The number of carbonyl (C=O) groups excluding carboxylic acids is 3. The molecule has 0 bridgehead atoms. The molecular formula is C41H45N3O7. The molecule has 0 saturated carbocycles. The maximum atomic E-state index is 14.0. The summed E-state index contributed by atoms with van der Waals surface area (Å²) >= 11 is 0. The van der Waals surface area contributed by atoms with E-state index < -0.39 is 0 Å². The van der Waals surface area contributed by atoms with Gasteiger partial charge in [0.05, 0.1) is 19.9 Å². The first-order valence-electron chi connectivity index (χ1n) is 17.5. The van der Waals surface area contributed by atoms with E-state index in [1.165, 1.54) is 11.1 Å². The second-order valence-electron chi connectivity index (χ2n) is 12.8. The van der Waals surface area contributed by atoms with Crippen LogP contribution in [-0.4, -0.2) is 81.3 Å². The lowest BCUT2D eigenvalue weighted by Crippen LogP contribution is -2.51. The number of aryl methyl sites for hydroxylation is 1. The number of ether oxygens (including phenoxy) is 4. The van der Waals surface area contributed by atoms with E-state index in [9.17, 15) is 14.4 Å². The highest BCUT2D eigenvalue weighted by Crippen LogP contribution is 2.40. The molecule has 1 atom stereocenters. The predicted octanol–water partition coefficient (Wildman–Crippen LogP) is 6.50. The number of anilines is 1. The van der Waals surface area contributed by atoms with Gasteiger partial charge < -0.3 is 33.6 Å². The molecule has 2 aliphatic rings. The van der Waals surface area contributed by atoms with E-state index in [-0.39, 0.29) is 37.0 Å². The van der Waals surface area contributed by atoms with E-state index >= 15 is 0 Å². The van der Waals surface area contributed by atoms with Crippen LogP contribution in [0.3, 0.4) is 0 Å². The van der Waals surface area contributed by atoms with E-state index in [1.807, 2.05) is 55.5 Å². The summed E-state index contributed by atoms with van der Waals surface area (Å²) in [5, 5.41) is 0. The number of fused-ring (bicyclic) bond motifs is 1. The zero-order chi connectivity index (χ0) is 35.7. The molecule has 1 fully saturated rings. The molecule has 10 nitrogen and oxygen atoms in total. The fourth-order valence-electron chi connectivity index (χ4n) is 6.81. The summed E-state index contributed by atoms with van der Waals surface area (Å²) in [6.07, 6.45) is 2.40. The molecule has 0 N–H and O–H groups in total. The van der Waals surface area contributed by atoms with E-state index in [1.54, 1.807) is 53.2 Å². The number of piperazine rings is 1. The fraction of sp³-hybridized carbons (Fsp3) is 0.341. The molecule has 0 radical (unpaired) electrons. The molecule has 51 heavy (non-hydrogen) atoms. The average molecular weight is 692 g/mol. The molecule has 1 saturated heterocycles. The van der Waals surface area contributed by atoms with Crippen LogP contribution < -0.4 is 19.1 Å². The number of nitrogens with zero attached hydrogens (tertiary/aromatic N) is 3. The van der Waals surface area contributed by atoms with Crippen molar-refractivity contribution >= 4 is 23.6 Å². The third kappa shape index (κ3) is 8.45. The van der Waals surface area contributed by atoms with Crippen LogP contribution in [0.15, 0.2) is 91.0 Å². The number of hydrogen-bond donors (Lipinski definition) is 0. The minimum Gasteiger partial charge on any atom is -0.497 e. The second-order valence-corrected chi connectivity index (χ2v) is 12.8. The molecule has 4 aromatic carbocycles.